The molecule has 22 heavy (non-hydrogen) atoms. The summed E-state index contributed by atoms with van der Waals surface area (Å²) in [7, 11) is 0. The van der Waals surface area contributed by atoms with Crippen LogP contribution >= 0.6 is 0 Å². The monoisotopic (exact) mass is 305 g/mol. The highest BCUT2D eigenvalue weighted by Crippen LogP contribution is 2.21. The van der Waals surface area contributed by atoms with E-state index in [1.807, 2.05) is 13.8 Å². The van der Waals surface area contributed by atoms with E-state index in [0.29, 0.717) is 24.3 Å². The molecule has 2 aromatic rings. The first kappa shape index (κ1) is 15.9. The van der Waals surface area contributed by atoms with Gasteiger partial charge >= 0.3 is 0 Å². The van der Waals surface area contributed by atoms with Gasteiger partial charge in [-0.2, -0.15) is 0 Å². The molecule has 0 saturated carbocycles. The van der Waals surface area contributed by atoms with Gasteiger partial charge in [0.1, 0.15) is 11.6 Å². The summed E-state index contributed by atoms with van der Waals surface area (Å²) >= 11 is 0. The summed E-state index contributed by atoms with van der Waals surface area (Å²) in [5.74, 6) is -1.49. The van der Waals surface area contributed by atoms with Crippen molar-refractivity contribution in [2.24, 2.45) is 0 Å². The van der Waals surface area contributed by atoms with Crippen molar-refractivity contribution in [1.82, 2.24) is 9.88 Å². The van der Waals surface area contributed by atoms with Crippen LogP contribution in [0, 0.1) is 11.6 Å². The summed E-state index contributed by atoms with van der Waals surface area (Å²) in [5.41, 5.74) is 0.996. The van der Waals surface area contributed by atoms with Gasteiger partial charge in [-0.25, -0.2) is 8.78 Å². The summed E-state index contributed by atoms with van der Waals surface area (Å²) in [6.07, 6.45) is 2.94. The molecule has 1 heterocycles. The largest absolute Gasteiger partial charge is 0.352 e. The maximum Gasteiger partial charge on any atom is 0.255 e. The van der Waals surface area contributed by atoms with Crippen LogP contribution in [-0.2, 0) is 0 Å². The van der Waals surface area contributed by atoms with Gasteiger partial charge in [-0.05, 0) is 32.0 Å². The Morgan fingerprint density at radius 2 is 1.91 bits per heavy atom. The van der Waals surface area contributed by atoms with E-state index in [1.54, 1.807) is 11.0 Å². The maximum atomic E-state index is 13.6. The Hall–Kier alpha value is -2.50. The lowest BCUT2D eigenvalue weighted by Gasteiger charge is -2.18. The first-order chi connectivity index (χ1) is 10.5. The molecule has 0 spiro atoms. The fourth-order valence-electron chi connectivity index (χ4n) is 2.06. The van der Waals surface area contributed by atoms with Gasteiger partial charge in [0.05, 0.1) is 23.1 Å². The summed E-state index contributed by atoms with van der Waals surface area (Å²) in [4.78, 5) is 17.9. The van der Waals surface area contributed by atoms with Crippen molar-refractivity contribution in [3.63, 3.8) is 0 Å². The first-order valence-electron chi connectivity index (χ1n) is 7.01. The predicted molar refractivity (Wildman–Crippen MR) is 81.1 cm³/mol. The summed E-state index contributed by atoms with van der Waals surface area (Å²) in [6, 6.07) is 4.84. The molecule has 0 aliphatic rings. The van der Waals surface area contributed by atoms with Gasteiger partial charge in [0.2, 0.25) is 0 Å². The quantitative estimate of drug-likeness (QED) is 0.918. The van der Waals surface area contributed by atoms with Crippen molar-refractivity contribution in [2.75, 3.05) is 18.4 Å². The molecule has 0 radical (unpaired) electrons. The minimum absolute atomic E-state index is 0.121. The van der Waals surface area contributed by atoms with E-state index < -0.39 is 11.6 Å². The first-order valence-corrected chi connectivity index (χ1v) is 7.01. The van der Waals surface area contributed by atoms with Crippen molar-refractivity contribution in [2.45, 2.75) is 13.8 Å². The number of hydrogen-bond acceptors (Lipinski definition) is 3. The van der Waals surface area contributed by atoms with E-state index in [9.17, 15) is 13.6 Å². The van der Waals surface area contributed by atoms with Crippen LogP contribution in [-0.4, -0.2) is 28.9 Å². The molecular formula is C16H17F2N3O. The molecule has 1 aromatic carbocycles. The Labute approximate surface area is 127 Å². The fourth-order valence-corrected chi connectivity index (χ4v) is 2.06. The van der Waals surface area contributed by atoms with E-state index in [4.69, 9.17) is 0 Å². The summed E-state index contributed by atoms with van der Waals surface area (Å²) in [6.45, 7) is 4.98. The lowest BCUT2D eigenvalue weighted by atomic mass is 10.2. The number of anilines is 2. The molecule has 0 aliphatic carbocycles. The van der Waals surface area contributed by atoms with E-state index in [1.165, 1.54) is 18.5 Å². The maximum absolute atomic E-state index is 13.6. The molecule has 1 amide bonds. The van der Waals surface area contributed by atoms with Crippen molar-refractivity contribution in [3.8, 4) is 0 Å². The Balaban J connectivity index is 2.23. The number of aromatic nitrogens is 1. The Morgan fingerprint density at radius 3 is 2.55 bits per heavy atom. The number of amides is 1. The predicted octanol–water partition coefficient (Wildman–Crippen LogP) is 3.59. The van der Waals surface area contributed by atoms with Crippen molar-refractivity contribution < 1.29 is 13.6 Å². The highest BCUT2D eigenvalue weighted by atomic mass is 19.1. The molecule has 1 aromatic heterocycles. The van der Waals surface area contributed by atoms with E-state index >= 15 is 0 Å². The van der Waals surface area contributed by atoms with Gasteiger partial charge in [0, 0.05) is 25.4 Å². The van der Waals surface area contributed by atoms with Gasteiger partial charge in [-0.15, -0.1) is 0 Å². The topological polar surface area (TPSA) is 45.2 Å². The molecule has 4 nitrogen and oxygen atoms in total. The van der Waals surface area contributed by atoms with Gasteiger partial charge < -0.3 is 10.2 Å². The number of nitrogens with one attached hydrogen (secondary N) is 1. The normalized spacial score (nSPS) is 10.4. The number of rotatable bonds is 5. The number of carbonyl (C=O) groups excluding carboxylic acids is 1. The second-order valence-corrected chi connectivity index (χ2v) is 4.69. The molecule has 2 rings (SSSR count). The highest BCUT2D eigenvalue weighted by Gasteiger charge is 2.13. The van der Waals surface area contributed by atoms with Crippen LogP contribution in [0.15, 0.2) is 36.7 Å². The molecular weight excluding hydrogens is 288 g/mol. The zero-order valence-corrected chi connectivity index (χ0v) is 12.4. The smallest absolute Gasteiger partial charge is 0.255 e. The minimum atomic E-state index is -0.708. The van der Waals surface area contributed by atoms with Crippen LogP contribution in [0.1, 0.15) is 24.2 Å². The number of carbonyl (C=O) groups is 1. The van der Waals surface area contributed by atoms with Crippen LogP contribution in [0.5, 0.6) is 0 Å². The molecule has 1 N–H and O–H groups in total. The SMILES string of the molecule is CCN(CC)C(=O)c1cncc(Nc2ccc(F)cc2F)c1. The number of hydrogen-bond donors (Lipinski definition) is 1. The van der Waals surface area contributed by atoms with Crippen LogP contribution in [0.3, 0.4) is 0 Å². The summed E-state index contributed by atoms with van der Waals surface area (Å²) < 4.78 is 26.5. The third-order valence-corrected chi connectivity index (χ3v) is 3.25. The van der Waals surface area contributed by atoms with Crippen LogP contribution in [0.25, 0.3) is 0 Å². The van der Waals surface area contributed by atoms with Gasteiger partial charge in [0.25, 0.3) is 5.91 Å². The Bertz CT molecular complexity index is 672. The number of pyridine rings is 1. The van der Waals surface area contributed by atoms with Gasteiger partial charge in [0.15, 0.2) is 0 Å². The minimum Gasteiger partial charge on any atom is -0.352 e. The zero-order chi connectivity index (χ0) is 16.1. The molecule has 0 bridgehead atoms. The number of benzene rings is 1. The summed E-state index contributed by atoms with van der Waals surface area (Å²) in [5, 5.41) is 2.79. The molecule has 0 aliphatic heterocycles. The van der Waals surface area contributed by atoms with Crippen LogP contribution in [0.2, 0.25) is 0 Å². The molecule has 0 fully saturated rings. The van der Waals surface area contributed by atoms with Crippen LogP contribution < -0.4 is 5.32 Å². The average Bonchev–Trinajstić information content (AvgIpc) is 2.51. The van der Waals surface area contributed by atoms with Crippen molar-refractivity contribution in [3.05, 3.63) is 53.9 Å². The third kappa shape index (κ3) is 3.58. The zero-order valence-electron chi connectivity index (χ0n) is 12.4. The van der Waals surface area contributed by atoms with Crippen molar-refractivity contribution >= 4 is 17.3 Å². The fraction of sp³-hybridized carbons (Fsp3) is 0.250. The van der Waals surface area contributed by atoms with Crippen molar-refractivity contribution in [1.29, 1.82) is 0 Å². The molecule has 6 heteroatoms. The molecule has 0 saturated heterocycles. The number of halogens is 2. The lowest BCUT2D eigenvalue weighted by Crippen LogP contribution is -2.30. The van der Waals surface area contributed by atoms with E-state index in [-0.39, 0.29) is 11.6 Å². The second-order valence-electron chi connectivity index (χ2n) is 4.69. The molecule has 116 valence electrons. The van der Waals surface area contributed by atoms with Gasteiger partial charge in [-0.3, -0.25) is 9.78 Å². The average molecular weight is 305 g/mol. The highest BCUT2D eigenvalue weighted by molar-refractivity contribution is 5.94. The molecule has 0 atom stereocenters. The Morgan fingerprint density at radius 1 is 1.18 bits per heavy atom. The second kappa shape index (κ2) is 6.98. The standard InChI is InChI=1S/C16H17F2N3O/c1-3-21(4-2)16(22)11-7-13(10-19-9-11)20-15-6-5-12(17)8-14(15)18/h5-10,20H,3-4H2,1-2H3. The van der Waals surface area contributed by atoms with Gasteiger partial charge in [-0.1, -0.05) is 0 Å². The Kier molecular flexibility index (Phi) is 5.04. The van der Waals surface area contributed by atoms with E-state index in [0.717, 1.165) is 12.1 Å². The van der Waals surface area contributed by atoms with E-state index in [2.05, 4.69) is 10.3 Å². The van der Waals surface area contributed by atoms with Crippen LogP contribution in [0.4, 0.5) is 20.2 Å². The molecule has 0 unspecified atom stereocenters. The number of nitrogens with zero attached hydrogens (tertiary/aromatic N) is 2. The lowest BCUT2D eigenvalue weighted by molar-refractivity contribution is 0.0772. The third-order valence-electron chi connectivity index (χ3n) is 3.25.